The summed E-state index contributed by atoms with van der Waals surface area (Å²) in [5.74, 6) is -1.47. The Morgan fingerprint density at radius 3 is 2.24 bits per heavy atom. The summed E-state index contributed by atoms with van der Waals surface area (Å²) in [6, 6.07) is 3.54. The van der Waals surface area contributed by atoms with Gasteiger partial charge in [-0.3, -0.25) is 4.90 Å². The Labute approximate surface area is 211 Å². The molecular weight excluding hydrogens is 495 g/mol. The van der Waals surface area contributed by atoms with Gasteiger partial charge in [-0.2, -0.15) is 13.2 Å². The summed E-state index contributed by atoms with van der Waals surface area (Å²) >= 11 is 0. The Hall–Kier alpha value is -3.02. The quantitative estimate of drug-likeness (QED) is 0.612. The van der Waals surface area contributed by atoms with Gasteiger partial charge in [-0.15, -0.1) is 0 Å². The number of halogens is 5. The second kappa shape index (κ2) is 9.38. The van der Waals surface area contributed by atoms with Crippen LogP contribution in [0.2, 0.25) is 0 Å². The van der Waals surface area contributed by atoms with E-state index in [0.29, 0.717) is 19.6 Å². The summed E-state index contributed by atoms with van der Waals surface area (Å²) in [7, 11) is 0. The predicted octanol–water partition coefficient (Wildman–Crippen LogP) is 4.05. The zero-order valence-corrected chi connectivity index (χ0v) is 20.6. The Morgan fingerprint density at radius 1 is 1.05 bits per heavy atom. The summed E-state index contributed by atoms with van der Waals surface area (Å²) in [6.07, 6.45) is -1.19. The van der Waals surface area contributed by atoms with Crippen LogP contribution in [0, 0.1) is 17.0 Å². The number of urea groups is 1. The van der Waals surface area contributed by atoms with Crippen LogP contribution in [-0.2, 0) is 12.7 Å². The molecule has 2 amide bonds. The molecule has 2 aliphatic heterocycles. The van der Waals surface area contributed by atoms with Gasteiger partial charge in [0, 0.05) is 63.2 Å². The van der Waals surface area contributed by atoms with E-state index in [1.54, 1.807) is 15.9 Å². The summed E-state index contributed by atoms with van der Waals surface area (Å²) in [5, 5.41) is 3.13. The minimum atomic E-state index is -4.49. The number of hydrogen-bond acceptors (Lipinski definition) is 5. The van der Waals surface area contributed by atoms with Crippen LogP contribution < -0.4 is 10.2 Å². The number of nitrogens with zero attached hydrogens (tertiary/aromatic N) is 5. The molecule has 0 bridgehead atoms. The van der Waals surface area contributed by atoms with Gasteiger partial charge in [0.05, 0.1) is 5.56 Å². The molecule has 37 heavy (non-hydrogen) atoms. The molecule has 200 valence electrons. The predicted molar refractivity (Wildman–Crippen MR) is 126 cm³/mol. The van der Waals surface area contributed by atoms with E-state index in [9.17, 15) is 26.7 Å². The fourth-order valence-corrected chi connectivity index (χ4v) is 6.02. The molecule has 3 heterocycles. The van der Waals surface area contributed by atoms with E-state index in [1.807, 2.05) is 13.8 Å². The number of likely N-dealkylation sites (tertiary alicyclic amines) is 1. The van der Waals surface area contributed by atoms with Crippen LogP contribution in [0.25, 0.3) is 0 Å². The standard InChI is InChI=1S/C25H29F5N6O/c1-15-10-35(22-31-8-18(9-32-22)25(28,29)30)11-16(2)36(15)23(37)33-19-6-24(7-19)13-34(14-24)12-17-3-4-20(26)21(27)5-17/h3-5,8-9,15-16,19H,6-7,10-14H2,1-2H3,(H,33,37)/t15-,16+. The molecule has 2 aromatic rings. The molecule has 1 aromatic heterocycles. The van der Waals surface area contributed by atoms with E-state index in [-0.39, 0.29) is 35.5 Å². The zero-order valence-electron chi connectivity index (χ0n) is 20.6. The van der Waals surface area contributed by atoms with E-state index >= 15 is 0 Å². The van der Waals surface area contributed by atoms with Crippen LogP contribution in [0.1, 0.15) is 37.8 Å². The number of anilines is 1. The van der Waals surface area contributed by atoms with Crippen molar-refractivity contribution in [2.45, 2.75) is 57.5 Å². The third-order valence-electron chi connectivity index (χ3n) is 7.60. The van der Waals surface area contributed by atoms with Gasteiger partial charge in [0.1, 0.15) is 0 Å². The first-order chi connectivity index (χ1) is 17.4. The number of hydrogen-bond donors (Lipinski definition) is 1. The average Bonchev–Trinajstić information content (AvgIpc) is 2.77. The lowest BCUT2D eigenvalue weighted by Crippen LogP contribution is -2.68. The second-order valence-electron chi connectivity index (χ2n) is 10.7. The number of piperazine rings is 1. The molecular formula is C25H29F5N6O. The van der Waals surface area contributed by atoms with Crippen LogP contribution in [0.3, 0.4) is 0 Å². The maximum absolute atomic E-state index is 13.4. The van der Waals surface area contributed by atoms with Crippen molar-refractivity contribution in [3.63, 3.8) is 0 Å². The maximum atomic E-state index is 13.4. The molecule has 7 nitrogen and oxygen atoms in total. The van der Waals surface area contributed by atoms with Gasteiger partial charge in [0.25, 0.3) is 0 Å². The fourth-order valence-electron chi connectivity index (χ4n) is 6.02. The minimum Gasteiger partial charge on any atom is -0.337 e. The normalized spacial score (nSPS) is 24.1. The van der Waals surface area contributed by atoms with Gasteiger partial charge in [-0.1, -0.05) is 6.07 Å². The molecule has 1 spiro atoms. The van der Waals surface area contributed by atoms with Gasteiger partial charge < -0.3 is 15.1 Å². The maximum Gasteiger partial charge on any atom is 0.419 e. The number of rotatable bonds is 4. The highest BCUT2D eigenvalue weighted by molar-refractivity contribution is 5.76. The fraction of sp³-hybridized carbons (Fsp3) is 0.560. The molecule has 3 aliphatic rings. The third-order valence-corrected chi connectivity index (χ3v) is 7.60. The molecule has 1 aromatic carbocycles. The number of amides is 2. The summed E-state index contributed by atoms with van der Waals surface area (Å²) < 4.78 is 65.0. The Morgan fingerprint density at radius 2 is 1.68 bits per heavy atom. The lowest BCUT2D eigenvalue weighted by atomic mass is 9.60. The highest BCUT2D eigenvalue weighted by Crippen LogP contribution is 2.48. The van der Waals surface area contributed by atoms with Gasteiger partial charge in [0.15, 0.2) is 11.6 Å². The largest absolute Gasteiger partial charge is 0.419 e. The van der Waals surface area contributed by atoms with Crippen molar-refractivity contribution in [3.05, 3.63) is 53.4 Å². The number of carbonyl (C=O) groups excluding carboxylic acids is 1. The molecule has 0 radical (unpaired) electrons. The van der Waals surface area contributed by atoms with Crippen LogP contribution in [0.15, 0.2) is 30.6 Å². The number of alkyl halides is 3. The van der Waals surface area contributed by atoms with Crippen molar-refractivity contribution in [2.75, 3.05) is 31.1 Å². The molecule has 0 unspecified atom stereocenters. The van der Waals surface area contributed by atoms with Gasteiger partial charge in [-0.05, 0) is 49.8 Å². The number of carbonyl (C=O) groups is 1. The third kappa shape index (κ3) is 5.21. The van der Waals surface area contributed by atoms with E-state index in [2.05, 4.69) is 20.2 Å². The minimum absolute atomic E-state index is 0.0774. The first-order valence-electron chi connectivity index (χ1n) is 12.3. The Balaban J connectivity index is 1.09. The second-order valence-corrected chi connectivity index (χ2v) is 10.7. The number of aromatic nitrogens is 2. The van der Waals surface area contributed by atoms with Crippen molar-refractivity contribution in [3.8, 4) is 0 Å². The van der Waals surface area contributed by atoms with Crippen LogP contribution >= 0.6 is 0 Å². The monoisotopic (exact) mass is 524 g/mol. The molecule has 12 heteroatoms. The van der Waals surface area contributed by atoms with E-state index < -0.39 is 23.4 Å². The molecule has 2 atom stereocenters. The Bertz CT molecular complexity index is 1130. The van der Waals surface area contributed by atoms with Crippen molar-refractivity contribution in [2.24, 2.45) is 5.41 Å². The zero-order chi connectivity index (χ0) is 26.5. The van der Waals surface area contributed by atoms with Gasteiger partial charge in [-0.25, -0.2) is 23.5 Å². The highest BCUT2D eigenvalue weighted by atomic mass is 19.4. The summed E-state index contributed by atoms with van der Waals surface area (Å²) in [6.45, 7) is 6.91. The highest BCUT2D eigenvalue weighted by Gasteiger charge is 2.52. The van der Waals surface area contributed by atoms with Crippen molar-refractivity contribution in [1.29, 1.82) is 0 Å². The SMILES string of the molecule is C[C@@H]1CN(c2ncc(C(F)(F)F)cn2)C[C@H](C)N1C(=O)NC1CC2(C1)CN(Cc1ccc(F)c(F)c1)C2. The molecule has 5 rings (SSSR count). The van der Waals surface area contributed by atoms with Gasteiger partial charge in [0.2, 0.25) is 5.95 Å². The molecule has 1 N–H and O–H groups in total. The lowest BCUT2D eigenvalue weighted by Gasteiger charge is -2.59. The number of benzene rings is 1. The van der Waals surface area contributed by atoms with Gasteiger partial charge >= 0.3 is 12.2 Å². The molecule has 1 saturated carbocycles. The van der Waals surface area contributed by atoms with Crippen molar-refractivity contribution < 1.29 is 26.7 Å². The van der Waals surface area contributed by atoms with Crippen LogP contribution in [0.4, 0.5) is 32.7 Å². The lowest BCUT2D eigenvalue weighted by molar-refractivity contribution is -0.138. The van der Waals surface area contributed by atoms with E-state index in [4.69, 9.17) is 0 Å². The smallest absolute Gasteiger partial charge is 0.337 e. The number of nitrogens with one attached hydrogen (secondary N) is 1. The summed E-state index contributed by atoms with van der Waals surface area (Å²) in [4.78, 5) is 26.6. The van der Waals surface area contributed by atoms with E-state index in [0.717, 1.165) is 50.0 Å². The first kappa shape index (κ1) is 25.6. The molecule has 3 fully saturated rings. The van der Waals surface area contributed by atoms with E-state index in [1.165, 1.54) is 6.07 Å². The summed E-state index contributed by atoms with van der Waals surface area (Å²) in [5.41, 5.74) is 0.00104. The van der Waals surface area contributed by atoms with Crippen molar-refractivity contribution >= 4 is 12.0 Å². The topological polar surface area (TPSA) is 64.6 Å². The average molecular weight is 525 g/mol. The molecule has 1 aliphatic carbocycles. The molecule has 2 saturated heterocycles. The van der Waals surface area contributed by atoms with Crippen molar-refractivity contribution in [1.82, 2.24) is 25.1 Å². The van der Waals surface area contributed by atoms with Crippen LogP contribution in [0.5, 0.6) is 0 Å². The van der Waals surface area contributed by atoms with Crippen LogP contribution in [-0.4, -0.2) is 70.1 Å². The first-order valence-corrected chi connectivity index (χ1v) is 12.3. The Kier molecular flexibility index (Phi) is 6.49.